The Morgan fingerprint density at radius 2 is 2.17 bits per heavy atom. The SMILES string of the molecule is COc1cccc(C(C)C(=O)NCCC(=O)O)c1. The van der Waals surface area contributed by atoms with Gasteiger partial charge in [0.15, 0.2) is 0 Å². The molecule has 2 N–H and O–H groups in total. The minimum absolute atomic E-state index is 0.0728. The molecule has 0 aromatic heterocycles. The number of nitrogens with one attached hydrogen (secondary N) is 1. The first-order valence-corrected chi connectivity index (χ1v) is 5.68. The van der Waals surface area contributed by atoms with Gasteiger partial charge in [-0.2, -0.15) is 0 Å². The third-order valence-corrected chi connectivity index (χ3v) is 2.63. The van der Waals surface area contributed by atoms with E-state index in [1.807, 2.05) is 12.1 Å². The van der Waals surface area contributed by atoms with Gasteiger partial charge in [-0.3, -0.25) is 9.59 Å². The van der Waals surface area contributed by atoms with Crippen LogP contribution in [0, 0.1) is 0 Å². The van der Waals surface area contributed by atoms with Crippen LogP contribution in [0.25, 0.3) is 0 Å². The van der Waals surface area contributed by atoms with Crippen molar-refractivity contribution in [3.63, 3.8) is 0 Å². The number of rotatable bonds is 6. The molecular formula is C13H17NO4. The van der Waals surface area contributed by atoms with Crippen molar-refractivity contribution in [3.8, 4) is 5.75 Å². The number of carbonyl (C=O) groups is 2. The lowest BCUT2D eigenvalue weighted by Crippen LogP contribution is -2.29. The molecule has 1 aromatic carbocycles. The molecule has 1 unspecified atom stereocenters. The minimum atomic E-state index is -0.927. The zero-order valence-corrected chi connectivity index (χ0v) is 10.5. The van der Waals surface area contributed by atoms with E-state index in [1.165, 1.54) is 0 Å². The number of carbonyl (C=O) groups excluding carboxylic acids is 1. The normalized spacial score (nSPS) is 11.7. The van der Waals surface area contributed by atoms with Crippen LogP contribution in [0.3, 0.4) is 0 Å². The van der Waals surface area contributed by atoms with Gasteiger partial charge in [0.25, 0.3) is 0 Å². The van der Waals surface area contributed by atoms with Crippen LogP contribution in [0.5, 0.6) is 5.75 Å². The number of benzene rings is 1. The molecule has 5 heteroatoms. The van der Waals surface area contributed by atoms with Crippen molar-refractivity contribution in [3.05, 3.63) is 29.8 Å². The Labute approximate surface area is 106 Å². The standard InChI is InChI=1S/C13H17NO4/c1-9(13(17)14-7-6-12(15)16)10-4-3-5-11(8-10)18-2/h3-5,8-9H,6-7H2,1-2H3,(H,14,17)(H,15,16). The molecule has 0 aliphatic rings. The number of hydrogen-bond donors (Lipinski definition) is 2. The highest BCUT2D eigenvalue weighted by molar-refractivity contribution is 5.83. The van der Waals surface area contributed by atoms with Crippen molar-refractivity contribution in [2.75, 3.05) is 13.7 Å². The van der Waals surface area contributed by atoms with E-state index < -0.39 is 5.97 Å². The molecule has 5 nitrogen and oxygen atoms in total. The molecule has 0 aliphatic carbocycles. The van der Waals surface area contributed by atoms with E-state index in [-0.39, 0.29) is 24.8 Å². The number of carboxylic acids is 1. The summed E-state index contributed by atoms with van der Waals surface area (Å²) in [4.78, 5) is 22.1. The highest BCUT2D eigenvalue weighted by atomic mass is 16.5. The van der Waals surface area contributed by atoms with Gasteiger partial charge in [0.05, 0.1) is 19.4 Å². The maximum absolute atomic E-state index is 11.8. The van der Waals surface area contributed by atoms with Gasteiger partial charge in [-0.15, -0.1) is 0 Å². The fraction of sp³-hybridized carbons (Fsp3) is 0.385. The largest absolute Gasteiger partial charge is 0.497 e. The van der Waals surface area contributed by atoms with E-state index in [0.717, 1.165) is 5.56 Å². The first kappa shape index (κ1) is 14.0. The lowest BCUT2D eigenvalue weighted by molar-refractivity contribution is -0.136. The highest BCUT2D eigenvalue weighted by Crippen LogP contribution is 2.20. The van der Waals surface area contributed by atoms with Gasteiger partial charge in [-0.05, 0) is 24.6 Å². The van der Waals surface area contributed by atoms with Gasteiger partial charge in [-0.1, -0.05) is 12.1 Å². The molecule has 0 aliphatic heterocycles. The van der Waals surface area contributed by atoms with Crippen molar-refractivity contribution in [2.24, 2.45) is 0 Å². The van der Waals surface area contributed by atoms with Gasteiger partial charge >= 0.3 is 5.97 Å². The maximum Gasteiger partial charge on any atom is 0.305 e. The summed E-state index contributed by atoms with van der Waals surface area (Å²) in [6.45, 7) is 1.91. The zero-order chi connectivity index (χ0) is 13.5. The van der Waals surface area contributed by atoms with Crippen LogP contribution in [-0.4, -0.2) is 30.6 Å². The van der Waals surface area contributed by atoms with Crippen LogP contribution in [0.15, 0.2) is 24.3 Å². The number of hydrogen-bond acceptors (Lipinski definition) is 3. The van der Waals surface area contributed by atoms with Crippen LogP contribution in [0.1, 0.15) is 24.8 Å². The number of ether oxygens (including phenoxy) is 1. The van der Waals surface area contributed by atoms with Crippen LogP contribution in [0.2, 0.25) is 0 Å². The number of methoxy groups -OCH3 is 1. The zero-order valence-electron chi connectivity index (χ0n) is 10.5. The van der Waals surface area contributed by atoms with Crippen molar-refractivity contribution in [1.82, 2.24) is 5.32 Å². The number of aliphatic carboxylic acids is 1. The Hall–Kier alpha value is -2.04. The summed E-state index contributed by atoms with van der Waals surface area (Å²) in [7, 11) is 1.57. The quantitative estimate of drug-likeness (QED) is 0.801. The third kappa shape index (κ3) is 4.08. The fourth-order valence-corrected chi connectivity index (χ4v) is 1.51. The fourth-order valence-electron chi connectivity index (χ4n) is 1.51. The molecule has 1 atom stereocenters. The topological polar surface area (TPSA) is 75.6 Å². The van der Waals surface area contributed by atoms with E-state index in [2.05, 4.69) is 5.32 Å². The van der Waals surface area contributed by atoms with Crippen LogP contribution >= 0.6 is 0 Å². The van der Waals surface area contributed by atoms with Gasteiger partial charge < -0.3 is 15.2 Å². The summed E-state index contributed by atoms with van der Waals surface area (Å²) in [6, 6.07) is 7.25. The van der Waals surface area contributed by atoms with Crippen LogP contribution in [0.4, 0.5) is 0 Å². The average Bonchev–Trinajstić information content (AvgIpc) is 2.37. The van der Waals surface area contributed by atoms with Crippen molar-refractivity contribution >= 4 is 11.9 Å². The Morgan fingerprint density at radius 1 is 1.44 bits per heavy atom. The highest BCUT2D eigenvalue weighted by Gasteiger charge is 2.15. The first-order chi connectivity index (χ1) is 8.54. The molecule has 0 spiro atoms. The molecule has 1 rings (SSSR count). The van der Waals surface area contributed by atoms with Gasteiger partial charge in [0, 0.05) is 6.54 Å². The van der Waals surface area contributed by atoms with E-state index in [1.54, 1.807) is 26.2 Å². The molecule has 18 heavy (non-hydrogen) atoms. The lowest BCUT2D eigenvalue weighted by atomic mass is 10.00. The summed E-state index contributed by atoms with van der Waals surface area (Å²) in [6.07, 6.45) is -0.0728. The van der Waals surface area contributed by atoms with Crippen molar-refractivity contribution in [1.29, 1.82) is 0 Å². The van der Waals surface area contributed by atoms with E-state index in [0.29, 0.717) is 5.75 Å². The van der Waals surface area contributed by atoms with E-state index in [4.69, 9.17) is 9.84 Å². The van der Waals surface area contributed by atoms with E-state index in [9.17, 15) is 9.59 Å². The van der Waals surface area contributed by atoms with Crippen LogP contribution < -0.4 is 10.1 Å². The summed E-state index contributed by atoms with van der Waals surface area (Å²) in [5.41, 5.74) is 0.835. The Morgan fingerprint density at radius 3 is 2.78 bits per heavy atom. The van der Waals surface area contributed by atoms with E-state index >= 15 is 0 Å². The van der Waals surface area contributed by atoms with Gasteiger partial charge in [0.2, 0.25) is 5.91 Å². The smallest absolute Gasteiger partial charge is 0.305 e. The minimum Gasteiger partial charge on any atom is -0.497 e. The monoisotopic (exact) mass is 251 g/mol. The summed E-state index contributed by atoms with van der Waals surface area (Å²) in [5, 5.41) is 11.1. The number of amides is 1. The molecule has 0 heterocycles. The molecular weight excluding hydrogens is 234 g/mol. The number of carboxylic acid groups (broad SMARTS) is 1. The molecule has 98 valence electrons. The molecule has 0 fully saturated rings. The Kier molecular flexibility index (Phi) is 5.17. The first-order valence-electron chi connectivity index (χ1n) is 5.68. The Bertz CT molecular complexity index is 431. The van der Waals surface area contributed by atoms with Crippen LogP contribution in [-0.2, 0) is 9.59 Å². The second-order valence-corrected chi connectivity index (χ2v) is 3.93. The molecule has 1 amide bonds. The summed E-state index contributed by atoms with van der Waals surface area (Å²) in [5.74, 6) is -0.764. The van der Waals surface area contributed by atoms with Gasteiger partial charge in [-0.25, -0.2) is 0 Å². The average molecular weight is 251 g/mol. The molecule has 0 saturated heterocycles. The maximum atomic E-state index is 11.8. The Balaban J connectivity index is 2.59. The van der Waals surface area contributed by atoms with Crippen molar-refractivity contribution < 1.29 is 19.4 Å². The molecule has 0 bridgehead atoms. The lowest BCUT2D eigenvalue weighted by Gasteiger charge is -2.12. The second-order valence-electron chi connectivity index (χ2n) is 3.93. The second kappa shape index (κ2) is 6.64. The molecule has 0 saturated carbocycles. The predicted molar refractivity (Wildman–Crippen MR) is 66.7 cm³/mol. The summed E-state index contributed by atoms with van der Waals surface area (Å²) < 4.78 is 5.09. The molecule has 1 aromatic rings. The summed E-state index contributed by atoms with van der Waals surface area (Å²) >= 11 is 0. The predicted octanol–water partition coefficient (Wildman–Crippen LogP) is 1.39. The molecule has 0 radical (unpaired) electrons. The van der Waals surface area contributed by atoms with Crippen molar-refractivity contribution in [2.45, 2.75) is 19.3 Å². The van der Waals surface area contributed by atoms with Gasteiger partial charge in [0.1, 0.15) is 5.75 Å². The third-order valence-electron chi connectivity index (χ3n) is 2.63.